The van der Waals surface area contributed by atoms with Crippen LogP contribution in [0.5, 0.6) is 0 Å². The summed E-state index contributed by atoms with van der Waals surface area (Å²) < 4.78 is 38.0. The molecule has 0 amide bonds. The minimum atomic E-state index is -3.60. The maximum Gasteiger partial charge on any atom is 0.297 e. The molecule has 116 valence electrons. The third-order valence-electron chi connectivity index (χ3n) is 2.83. The van der Waals surface area contributed by atoms with Crippen molar-refractivity contribution in [1.82, 2.24) is 14.6 Å². The molecule has 0 saturated heterocycles. The normalized spacial score (nSPS) is 12.1. The van der Waals surface area contributed by atoms with Gasteiger partial charge in [-0.25, -0.2) is 8.42 Å². The van der Waals surface area contributed by atoms with Crippen LogP contribution >= 0.6 is 22.9 Å². The first-order chi connectivity index (χ1) is 9.86. The average Bonchev–Trinajstić information content (AvgIpc) is 2.86. The molecule has 2 heterocycles. The van der Waals surface area contributed by atoms with Crippen LogP contribution in [0.15, 0.2) is 9.13 Å². The number of hydrogen-bond acceptors (Lipinski definition) is 6. The van der Waals surface area contributed by atoms with Gasteiger partial charge < -0.3 is 0 Å². The predicted octanol–water partition coefficient (Wildman–Crippen LogP) is 2.30. The number of halogens is 2. The van der Waals surface area contributed by atoms with Crippen LogP contribution < -0.4 is 5.56 Å². The lowest BCUT2D eigenvalue weighted by Gasteiger charge is -1.99. The largest absolute Gasteiger partial charge is 0.297 e. The Balaban J connectivity index is 2.35. The van der Waals surface area contributed by atoms with Crippen LogP contribution in [0.1, 0.15) is 32.6 Å². The Kier molecular flexibility index (Phi) is 4.95. The number of aromatic nitrogens is 3. The fourth-order valence-electron chi connectivity index (χ4n) is 1.71. The summed E-state index contributed by atoms with van der Waals surface area (Å²) in [6, 6.07) is 0. The molecule has 6 nitrogen and oxygen atoms in total. The summed E-state index contributed by atoms with van der Waals surface area (Å²) in [7, 11) is -3.60. The molecule has 0 aliphatic rings. The van der Waals surface area contributed by atoms with Crippen LogP contribution in [0, 0.1) is 5.95 Å². The summed E-state index contributed by atoms with van der Waals surface area (Å²) in [5, 5.41) is 3.00. The first-order valence-electron chi connectivity index (χ1n) is 6.34. The van der Waals surface area contributed by atoms with Gasteiger partial charge in [-0.1, -0.05) is 49.1 Å². The van der Waals surface area contributed by atoms with E-state index in [1.54, 1.807) is 0 Å². The molecule has 0 aromatic carbocycles. The van der Waals surface area contributed by atoms with Crippen molar-refractivity contribution < 1.29 is 12.8 Å². The Labute approximate surface area is 129 Å². The molecule has 0 aliphatic carbocycles. The summed E-state index contributed by atoms with van der Waals surface area (Å²) in [5.74, 6) is -1.19. The second-order valence-electron chi connectivity index (χ2n) is 4.46. The molecular formula is C11H13ClFN3O3S2. The van der Waals surface area contributed by atoms with Gasteiger partial charge in [-0.15, -0.1) is 5.10 Å². The Morgan fingerprint density at radius 3 is 2.71 bits per heavy atom. The molecule has 0 saturated carbocycles. The zero-order chi connectivity index (χ0) is 15.6. The van der Waals surface area contributed by atoms with E-state index >= 15 is 0 Å². The van der Waals surface area contributed by atoms with Crippen LogP contribution in [-0.2, 0) is 9.84 Å². The summed E-state index contributed by atoms with van der Waals surface area (Å²) in [6.45, 7) is 2.03. The molecule has 2 aromatic heterocycles. The van der Waals surface area contributed by atoms with Gasteiger partial charge in [0, 0.05) is 0 Å². The van der Waals surface area contributed by atoms with Crippen molar-refractivity contribution in [1.29, 1.82) is 0 Å². The molecule has 0 bridgehead atoms. The highest BCUT2D eigenvalue weighted by molar-refractivity contribution is 7.93. The maximum absolute atomic E-state index is 13.3. The van der Waals surface area contributed by atoms with E-state index in [0.29, 0.717) is 17.8 Å². The van der Waals surface area contributed by atoms with E-state index < -0.39 is 26.4 Å². The number of sulfone groups is 1. The lowest BCUT2D eigenvalue weighted by atomic mass is 10.2. The van der Waals surface area contributed by atoms with Crippen molar-refractivity contribution in [3.63, 3.8) is 0 Å². The molecule has 0 aliphatic heterocycles. The van der Waals surface area contributed by atoms with Crippen LogP contribution in [-0.4, -0.2) is 28.8 Å². The Morgan fingerprint density at radius 2 is 2.05 bits per heavy atom. The van der Waals surface area contributed by atoms with Crippen molar-refractivity contribution in [2.24, 2.45) is 0 Å². The zero-order valence-corrected chi connectivity index (χ0v) is 13.6. The summed E-state index contributed by atoms with van der Waals surface area (Å²) in [6.07, 6.45) is 3.28. The van der Waals surface area contributed by atoms with E-state index in [2.05, 4.69) is 10.1 Å². The molecule has 0 spiro atoms. The zero-order valence-electron chi connectivity index (χ0n) is 11.2. The molecule has 21 heavy (non-hydrogen) atoms. The summed E-state index contributed by atoms with van der Waals surface area (Å²) in [4.78, 5) is 15.0. The van der Waals surface area contributed by atoms with Gasteiger partial charge in [0.2, 0.25) is 25.1 Å². The Bertz CT molecular complexity index is 816. The highest BCUT2D eigenvalue weighted by atomic mass is 35.5. The van der Waals surface area contributed by atoms with Gasteiger partial charge in [0.15, 0.2) is 5.02 Å². The highest BCUT2D eigenvalue weighted by Crippen LogP contribution is 2.20. The standard InChI is InChI=1S/C11H13ClFN3O3S2/c1-2-3-4-5-6-21(18,19)11-15-16-9(17)7(12)8(13)14-10(16)20-11/h2-6H2,1H3. The Morgan fingerprint density at radius 1 is 1.33 bits per heavy atom. The first-order valence-corrected chi connectivity index (χ1v) is 9.19. The number of rotatable bonds is 6. The van der Waals surface area contributed by atoms with E-state index in [-0.39, 0.29) is 15.1 Å². The molecule has 2 rings (SSSR count). The van der Waals surface area contributed by atoms with Gasteiger partial charge in [0.05, 0.1) is 5.75 Å². The van der Waals surface area contributed by atoms with E-state index in [9.17, 15) is 17.6 Å². The molecule has 0 fully saturated rings. The van der Waals surface area contributed by atoms with Gasteiger partial charge >= 0.3 is 0 Å². The third kappa shape index (κ3) is 3.41. The smallest absolute Gasteiger partial charge is 0.265 e. The number of fused-ring (bicyclic) bond motifs is 1. The van der Waals surface area contributed by atoms with Gasteiger partial charge in [0.25, 0.3) is 5.56 Å². The minimum absolute atomic E-state index is 0.0578. The van der Waals surface area contributed by atoms with Gasteiger partial charge in [0.1, 0.15) is 0 Å². The molecule has 0 unspecified atom stereocenters. The van der Waals surface area contributed by atoms with Gasteiger partial charge in [-0.2, -0.15) is 13.9 Å². The maximum atomic E-state index is 13.3. The topological polar surface area (TPSA) is 81.4 Å². The van der Waals surface area contributed by atoms with Crippen LogP contribution in [0.2, 0.25) is 5.02 Å². The molecule has 0 radical (unpaired) electrons. The van der Waals surface area contributed by atoms with Crippen molar-refractivity contribution in [2.75, 3.05) is 5.75 Å². The lowest BCUT2D eigenvalue weighted by Crippen LogP contribution is -2.18. The van der Waals surface area contributed by atoms with Crippen molar-refractivity contribution in [3.05, 3.63) is 21.3 Å². The van der Waals surface area contributed by atoms with Crippen LogP contribution in [0.4, 0.5) is 4.39 Å². The Hall–Kier alpha value is -1.06. The SMILES string of the molecule is CCCCCCS(=O)(=O)c1nn2c(=O)c(Cl)c(F)nc2s1. The van der Waals surface area contributed by atoms with E-state index in [1.165, 1.54) is 0 Å². The van der Waals surface area contributed by atoms with Crippen LogP contribution in [0.25, 0.3) is 4.96 Å². The number of nitrogens with zero attached hydrogens (tertiary/aromatic N) is 3. The van der Waals surface area contributed by atoms with Crippen molar-refractivity contribution in [3.8, 4) is 0 Å². The molecule has 10 heteroatoms. The van der Waals surface area contributed by atoms with Crippen LogP contribution in [0.3, 0.4) is 0 Å². The number of hydrogen-bond donors (Lipinski definition) is 0. The summed E-state index contributed by atoms with van der Waals surface area (Å²) >= 11 is 6.10. The van der Waals surface area contributed by atoms with Gasteiger partial charge in [-0.05, 0) is 6.42 Å². The third-order valence-corrected chi connectivity index (χ3v) is 6.30. The second-order valence-corrected chi connectivity index (χ2v) is 8.08. The molecular weight excluding hydrogens is 341 g/mol. The lowest BCUT2D eigenvalue weighted by molar-refractivity contribution is 0.577. The molecule has 2 aromatic rings. The fourth-order valence-corrected chi connectivity index (χ4v) is 4.40. The number of unbranched alkanes of at least 4 members (excludes halogenated alkanes) is 3. The fraction of sp³-hybridized carbons (Fsp3) is 0.545. The quantitative estimate of drug-likeness (QED) is 0.588. The highest BCUT2D eigenvalue weighted by Gasteiger charge is 2.22. The molecule has 0 atom stereocenters. The summed E-state index contributed by atoms with van der Waals surface area (Å²) in [5.41, 5.74) is -0.914. The van der Waals surface area contributed by atoms with E-state index in [0.717, 1.165) is 23.8 Å². The molecule has 0 N–H and O–H groups in total. The first kappa shape index (κ1) is 16.3. The monoisotopic (exact) mass is 353 g/mol. The minimum Gasteiger partial charge on any atom is -0.265 e. The average molecular weight is 354 g/mol. The van der Waals surface area contributed by atoms with Crippen molar-refractivity contribution in [2.45, 2.75) is 36.9 Å². The van der Waals surface area contributed by atoms with Crippen molar-refractivity contribution >= 4 is 37.7 Å². The van der Waals surface area contributed by atoms with Gasteiger partial charge in [-0.3, -0.25) is 4.79 Å². The van der Waals surface area contributed by atoms with E-state index in [1.807, 2.05) is 6.92 Å². The predicted molar refractivity (Wildman–Crippen MR) is 78.3 cm³/mol. The second kappa shape index (κ2) is 6.37. The van der Waals surface area contributed by atoms with E-state index in [4.69, 9.17) is 11.6 Å².